The molecule has 0 spiro atoms. The number of carbonyl (C=O) groups excluding carboxylic acids is 1. The first-order valence-electron chi connectivity index (χ1n) is 19.7. The molecule has 5 fully saturated rings. The van der Waals surface area contributed by atoms with E-state index in [4.69, 9.17) is 15.2 Å². The second-order valence-electron chi connectivity index (χ2n) is 19.9. The van der Waals surface area contributed by atoms with Crippen molar-refractivity contribution in [3.8, 4) is 0 Å². The van der Waals surface area contributed by atoms with Gasteiger partial charge in [0.25, 0.3) is 0 Å². The third-order valence-electron chi connectivity index (χ3n) is 17.3. The van der Waals surface area contributed by atoms with E-state index >= 15 is 0 Å². The van der Waals surface area contributed by atoms with Crippen molar-refractivity contribution in [3.63, 3.8) is 0 Å². The van der Waals surface area contributed by atoms with Crippen molar-refractivity contribution in [2.24, 2.45) is 62.9 Å². The van der Waals surface area contributed by atoms with Gasteiger partial charge in [0.05, 0.1) is 0 Å². The van der Waals surface area contributed by atoms with E-state index in [0.717, 1.165) is 43.9 Å². The summed E-state index contributed by atoms with van der Waals surface area (Å²) in [6, 6.07) is 0. The molecule has 5 saturated carbocycles. The number of ether oxygens (including phenoxy) is 2. The Balaban J connectivity index is 1.19. The fraction of sp³-hybridized carbons (Fsp3) is 0.884. The molecule has 0 saturated heterocycles. The first-order chi connectivity index (χ1) is 21.8. The highest BCUT2D eigenvalue weighted by Gasteiger charge is 2.70. The predicted molar refractivity (Wildman–Crippen MR) is 194 cm³/mol. The van der Waals surface area contributed by atoms with Gasteiger partial charge < -0.3 is 15.2 Å². The molecule has 0 aromatic rings. The van der Waals surface area contributed by atoms with Crippen molar-refractivity contribution >= 4 is 5.97 Å². The number of nitrogens with two attached hydrogens (primary N) is 1. The van der Waals surface area contributed by atoms with Crippen molar-refractivity contribution in [1.29, 1.82) is 0 Å². The van der Waals surface area contributed by atoms with Crippen molar-refractivity contribution in [1.82, 2.24) is 0 Å². The molecule has 0 radical (unpaired) electrons. The summed E-state index contributed by atoms with van der Waals surface area (Å²) < 4.78 is 11.9. The molecule has 9 atom stereocenters. The van der Waals surface area contributed by atoms with E-state index in [9.17, 15) is 4.79 Å². The maximum Gasteiger partial charge on any atom is 0.338 e. The Kier molecular flexibility index (Phi) is 8.89. The molecule has 6 rings (SSSR count). The fourth-order valence-electron chi connectivity index (χ4n) is 13.8. The maximum absolute atomic E-state index is 13.3. The lowest BCUT2D eigenvalue weighted by Gasteiger charge is -2.72. The van der Waals surface area contributed by atoms with E-state index in [2.05, 4.69) is 61.1 Å². The van der Waals surface area contributed by atoms with Crippen molar-refractivity contribution in [3.05, 3.63) is 23.8 Å². The Labute approximate surface area is 288 Å². The molecule has 47 heavy (non-hydrogen) atoms. The molecular weight excluding hydrogens is 578 g/mol. The van der Waals surface area contributed by atoms with E-state index < -0.39 is 11.2 Å². The number of allylic oxidation sites excluding steroid dienone is 3. The van der Waals surface area contributed by atoms with Crippen molar-refractivity contribution in [2.45, 2.75) is 175 Å². The maximum atomic E-state index is 13.3. The van der Waals surface area contributed by atoms with Crippen LogP contribution in [0.15, 0.2) is 23.8 Å². The lowest BCUT2D eigenvalue weighted by atomic mass is 9.33. The average Bonchev–Trinajstić information content (AvgIpc) is 3.37. The molecule has 0 amide bonds. The molecule has 0 heterocycles. The van der Waals surface area contributed by atoms with Gasteiger partial charge in [0.1, 0.15) is 5.60 Å². The molecule has 0 unspecified atom stereocenters. The zero-order valence-corrected chi connectivity index (χ0v) is 32.2. The Bertz CT molecular complexity index is 1270. The average molecular weight is 650 g/mol. The molecule has 4 heteroatoms. The lowest BCUT2D eigenvalue weighted by molar-refractivity contribution is -0.219. The van der Waals surface area contributed by atoms with Gasteiger partial charge in [-0.2, -0.15) is 0 Å². The van der Waals surface area contributed by atoms with Gasteiger partial charge in [0.2, 0.25) is 0 Å². The largest absolute Gasteiger partial charge is 0.458 e. The van der Waals surface area contributed by atoms with E-state index in [1.54, 1.807) is 12.7 Å². The number of rotatable bonds is 7. The van der Waals surface area contributed by atoms with Gasteiger partial charge in [-0.15, -0.1) is 0 Å². The van der Waals surface area contributed by atoms with E-state index in [1.165, 1.54) is 69.8 Å². The molecule has 4 nitrogen and oxygen atoms in total. The van der Waals surface area contributed by atoms with Crippen LogP contribution in [0.2, 0.25) is 0 Å². The zero-order valence-electron chi connectivity index (χ0n) is 32.2. The Morgan fingerprint density at radius 2 is 1.60 bits per heavy atom. The molecule has 2 N–H and O–H groups in total. The number of hydrogen-bond donors (Lipinski definition) is 1. The summed E-state index contributed by atoms with van der Waals surface area (Å²) >= 11 is 0. The predicted octanol–water partition coefficient (Wildman–Crippen LogP) is 10.6. The summed E-state index contributed by atoms with van der Waals surface area (Å²) in [5.74, 6) is 3.87. The van der Waals surface area contributed by atoms with Crippen LogP contribution >= 0.6 is 0 Å². The summed E-state index contributed by atoms with van der Waals surface area (Å²) in [6.45, 7) is 26.2. The van der Waals surface area contributed by atoms with Crippen LogP contribution in [-0.2, 0) is 14.3 Å². The van der Waals surface area contributed by atoms with Gasteiger partial charge >= 0.3 is 5.97 Å². The zero-order chi connectivity index (χ0) is 34.4. The molecular formula is C43H71NO3. The second kappa shape index (κ2) is 11.7. The lowest BCUT2D eigenvalue weighted by Crippen LogP contribution is -2.67. The minimum atomic E-state index is -0.785. The summed E-state index contributed by atoms with van der Waals surface area (Å²) in [7, 11) is 1.70. The van der Waals surface area contributed by atoms with Crippen molar-refractivity contribution in [2.75, 3.05) is 7.11 Å². The number of carbonyl (C=O) groups is 1. The molecule has 0 bridgehead atoms. The first-order valence-corrected chi connectivity index (χ1v) is 19.7. The fourth-order valence-corrected chi connectivity index (χ4v) is 13.8. The number of hydrogen-bond acceptors (Lipinski definition) is 4. The molecule has 6 aliphatic carbocycles. The quantitative estimate of drug-likeness (QED) is 0.220. The number of methoxy groups -OCH3 is 1. The molecule has 266 valence electrons. The highest BCUT2D eigenvalue weighted by Crippen LogP contribution is 2.76. The summed E-state index contributed by atoms with van der Waals surface area (Å²) in [5.41, 5.74) is 10.4. The van der Waals surface area contributed by atoms with Crippen LogP contribution in [0.3, 0.4) is 0 Å². The van der Waals surface area contributed by atoms with Gasteiger partial charge in [-0.05, 0) is 174 Å². The molecule has 0 aromatic heterocycles. The smallest absolute Gasteiger partial charge is 0.338 e. The van der Waals surface area contributed by atoms with Crippen LogP contribution in [-0.4, -0.2) is 29.8 Å². The van der Waals surface area contributed by atoms with E-state index in [0.29, 0.717) is 39.9 Å². The van der Waals surface area contributed by atoms with Gasteiger partial charge in [0, 0.05) is 12.6 Å². The van der Waals surface area contributed by atoms with Gasteiger partial charge in [-0.1, -0.05) is 65.3 Å². The second-order valence-corrected chi connectivity index (χ2v) is 19.9. The van der Waals surface area contributed by atoms with Crippen LogP contribution in [0.5, 0.6) is 0 Å². The summed E-state index contributed by atoms with van der Waals surface area (Å²) in [4.78, 5) is 13.3. The number of fused-ring (bicyclic) bond motifs is 7. The van der Waals surface area contributed by atoms with Gasteiger partial charge in [-0.25, -0.2) is 4.79 Å². The van der Waals surface area contributed by atoms with Crippen LogP contribution < -0.4 is 5.73 Å². The topological polar surface area (TPSA) is 61.5 Å². The normalized spacial score (nSPS) is 47.5. The van der Waals surface area contributed by atoms with Crippen LogP contribution in [0, 0.1) is 57.2 Å². The van der Waals surface area contributed by atoms with E-state index in [-0.39, 0.29) is 16.9 Å². The third kappa shape index (κ3) is 5.29. The number of esters is 1. The van der Waals surface area contributed by atoms with Crippen LogP contribution in [0.4, 0.5) is 0 Å². The van der Waals surface area contributed by atoms with E-state index in [1.807, 2.05) is 13.8 Å². The monoisotopic (exact) mass is 650 g/mol. The Morgan fingerprint density at radius 1 is 0.915 bits per heavy atom. The Hall–Kier alpha value is -1.13. The van der Waals surface area contributed by atoms with Crippen LogP contribution in [0.1, 0.15) is 159 Å². The van der Waals surface area contributed by atoms with Gasteiger partial charge in [0.15, 0.2) is 5.60 Å². The summed E-state index contributed by atoms with van der Waals surface area (Å²) in [5, 5.41) is 0. The standard InChI is InChI=1S/C43H71NO3/c1-12-37(4,5)47-36(45)43(46-11)23-15-29(16-24-43)27-30-17-20-39(8)33(38(30,6)7)19-21-41(10)34(39)14-13-32-35-31(28(2)3)18-22-42(35,44)26-25-40(32,41)9/h17,29,31-35H,2,12-16,18-27,44H2,1,3-11H3/t29?,31-,32+,33-,34+,35+,39-,40+,41+,42-,43?/m0/s1. The Morgan fingerprint density at radius 3 is 2.21 bits per heavy atom. The highest BCUT2D eigenvalue weighted by atomic mass is 16.6. The SMILES string of the molecule is C=C(C)[C@@H]1CC[C@]2(N)CC[C@]3(C)[C@H](CC[C@@H]4[C@@]5(C)CC=C(CC6CCC(OC)(C(=O)OC(C)(C)CC)CC6)C(C)(C)[C@@H]5CC[C@]43C)[C@@H]12. The molecule has 0 aliphatic heterocycles. The molecule has 6 aliphatic rings. The third-order valence-corrected chi connectivity index (χ3v) is 17.3. The first kappa shape index (κ1) is 35.7. The van der Waals surface area contributed by atoms with Crippen molar-refractivity contribution < 1.29 is 14.3 Å². The van der Waals surface area contributed by atoms with Crippen LogP contribution in [0.25, 0.3) is 0 Å². The van der Waals surface area contributed by atoms with Gasteiger partial charge in [-0.3, -0.25) is 0 Å². The highest BCUT2D eigenvalue weighted by molar-refractivity contribution is 5.80. The minimum absolute atomic E-state index is 0.0248. The minimum Gasteiger partial charge on any atom is -0.458 e. The summed E-state index contributed by atoms with van der Waals surface area (Å²) in [6.07, 6.45) is 19.9. The molecule has 0 aromatic carbocycles.